The minimum absolute atomic E-state index is 1.03. The van der Waals surface area contributed by atoms with Crippen molar-refractivity contribution in [2.45, 2.75) is 38.5 Å². The molecule has 0 bridgehead atoms. The first kappa shape index (κ1) is 13.7. The molecule has 1 heterocycles. The van der Waals surface area contributed by atoms with Gasteiger partial charge in [0.25, 0.3) is 0 Å². The lowest BCUT2D eigenvalue weighted by Crippen LogP contribution is -2.38. The van der Waals surface area contributed by atoms with Gasteiger partial charge in [-0.2, -0.15) is 11.8 Å². The van der Waals surface area contributed by atoms with Gasteiger partial charge in [-0.15, -0.1) is 0 Å². The zero-order valence-electron chi connectivity index (χ0n) is 11.1. The average Bonchev–Trinajstić information content (AvgIpc) is 2.41. The van der Waals surface area contributed by atoms with Crippen LogP contribution in [-0.2, 0) is 0 Å². The van der Waals surface area contributed by atoms with Crippen LogP contribution in [0.3, 0.4) is 0 Å². The van der Waals surface area contributed by atoms with Crippen LogP contribution >= 0.6 is 11.8 Å². The van der Waals surface area contributed by atoms with Gasteiger partial charge in [-0.25, -0.2) is 0 Å². The van der Waals surface area contributed by atoms with Crippen LogP contribution in [0.5, 0.6) is 0 Å². The van der Waals surface area contributed by atoms with Crippen LogP contribution in [0.25, 0.3) is 0 Å². The number of hydrogen-bond acceptors (Lipinski definition) is 3. The standard InChI is InChI=1S/C14H28N2S/c1-2-4-14(5-3-1)6-7-15-8-9-16-10-12-17-13-11-16/h14-15H,1-13H2. The molecule has 1 saturated carbocycles. The molecule has 0 aromatic heterocycles. The Morgan fingerprint density at radius 3 is 2.53 bits per heavy atom. The number of hydrogen-bond donors (Lipinski definition) is 1. The van der Waals surface area contributed by atoms with Gasteiger partial charge in [0.05, 0.1) is 0 Å². The molecule has 2 nitrogen and oxygen atoms in total. The van der Waals surface area contributed by atoms with E-state index in [1.165, 1.54) is 82.8 Å². The maximum atomic E-state index is 3.63. The molecule has 0 spiro atoms. The summed E-state index contributed by atoms with van der Waals surface area (Å²) < 4.78 is 0. The van der Waals surface area contributed by atoms with Gasteiger partial charge in [-0.3, -0.25) is 0 Å². The van der Waals surface area contributed by atoms with Crippen LogP contribution in [0, 0.1) is 5.92 Å². The van der Waals surface area contributed by atoms with Gasteiger partial charge < -0.3 is 10.2 Å². The molecule has 17 heavy (non-hydrogen) atoms. The van der Waals surface area contributed by atoms with E-state index in [1.807, 2.05) is 0 Å². The first-order chi connectivity index (χ1) is 8.45. The molecule has 2 rings (SSSR count). The van der Waals surface area contributed by atoms with Gasteiger partial charge in [0.1, 0.15) is 0 Å². The van der Waals surface area contributed by atoms with E-state index in [4.69, 9.17) is 0 Å². The molecular formula is C14H28N2S. The zero-order valence-corrected chi connectivity index (χ0v) is 11.9. The predicted molar refractivity (Wildman–Crippen MR) is 77.8 cm³/mol. The van der Waals surface area contributed by atoms with Crippen LogP contribution in [0.1, 0.15) is 38.5 Å². The molecule has 1 aliphatic carbocycles. The second-order valence-electron chi connectivity index (χ2n) is 5.50. The van der Waals surface area contributed by atoms with Crippen molar-refractivity contribution in [3.05, 3.63) is 0 Å². The monoisotopic (exact) mass is 256 g/mol. The molecular weight excluding hydrogens is 228 g/mol. The van der Waals surface area contributed by atoms with Gasteiger partial charge >= 0.3 is 0 Å². The van der Waals surface area contributed by atoms with Gasteiger partial charge in [0, 0.05) is 37.7 Å². The van der Waals surface area contributed by atoms with Gasteiger partial charge in [0.15, 0.2) is 0 Å². The summed E-state index contributed by atoms with van der Waals surface area (Å²) in [6, 6.07) is 0. The Kier molecular flexibility index (Phi) is 6.76. The van der Waals surface area contributed by atoms with E-state index < -0.39 is 0 Å². The lowest BCUT2D eigenvalue weighted by atomic mass is 9.87. The SMILES string of the molecule is C1CCC(CCNCCN2CCSCC2)CC1. The number of nitrogens with one attached hydrogen (secondary N) is 1. The molecule has 0 radical (unpaired) electrons. The minimum Gasteiger partial charge on any atom is -0.315 e. The third-order valence-corrected chi connectivity index (χ3v) is 5.11. The fraction of sp³-hybridized carbons (Fsp3) is 1.00. The quantitative estimate of drug-likeness (QED) is 0.736. The summed E-state index contributed by atoms with van der Waals surface area (Å²) in [5, 5.41) is 3.63. The van der Waals surface area contributed by atoms with Crippen LogP contribution in [0.2, 0.25) is 0 Å². The number of thioether (sulfide) groups is 1. The van der Waals surface area contributed by atoms with Crippen molar-refractivity contribution >= 4 is 11.8 Å². The molecule has 100 valence electrons. The summed E-state index contributed by atoms with van der Waals surface area (Å²) in [7, 11) is 0. The van der Waals surface area contributed by atoms with E-state index in [2.05, 4.69) is 22.0 Å². The van der Waals surface area contributed by atoms with Crippen molar-refractivity contribution in [2.75, 3.05) is 44.2 Å². The lowest BCUT2D eigenvalue weighted by Gasteiger charge is -2.26. The fourth-order valence-electron chi connectivity index (χ4n) is 2.97. The first-order valence-corrected chi connectivity index (χ1v) is 8.61. The number of rotatable bonds is 6. The predicted octanol–water partition coefficient (Wildman–Crippen LogP) is 2.60. The molecule has 3 heteroatoms. The Morgan fingerprint density at radius 2 is 1.76 bits per heavy atom. The molecule has 1 saturated heterocycles. The third kappa shape index (κ3) is 5.62. The summed E-state index contributed by atoms with van der Waals surface area (Å²) in [5.74, 6) is 3.70. The van der Waals surface area contributed by atoms with Crippen molar-refractivity contribution in [1.29, 1.82) is 0 Å². The maximum absolute atomic E-state index is 3.63. The Bertz CT molecular complexity index is 167. The minimum atomic E-state index is 1.03. The van der Waals surface area contributed by atoms with Crippen molar-refractivity contribution < 1.29 is 0 Å². The number of nitrogens with zero attached hydrogens (tertiary/aromatic N) is 1. The average molecular weight is 256 g/mol. The second-order valence-corrected chi connectivity index (χ2v) is 6.72. The van der Waals surface area contributed by atoms with Gasteiger partial charge in [-0.05, 0) is 18.9 Å². The Hall–Kier alpha value is 0.270. The molecule has 0 aromatic rings. The van der Waals surface area contributed by atoms with Gasteiger partial charge in [0.2, 0.25) is 0 Å². The van der Waals surface area contributed by atoms with E-state index in [1.54, 1.807) is 0 Å². The van der Waals surface area contributed by atoms with Crippen LogP contribution in [-0.4, -0.2) is 49.1 Å². The largest absolute Gasteiger partial charge is 0.315 e. The molecule has 1 N–H and O–H groups in total. The normalized spacial score (nSPS) is 24.0. The zero-order chi connectivity index (χ0) is 11.8. The molecule has 1 aliphatic heterocycles. The summed E-state index contributed by atoms with van der Waals surface area (Å²) in [5.41, 5.74) is 0. The molecule has 0 atom stereocenters. The van der Waals surface area contributed by atoms with Crippen LogP contribution in [0.4, 0.5) is 0 Å². The molecule has 0 unspecified atom stereocenters. The van der Waals surface area contributed by atoms with Crippen LogP contribution in [0.15, 0.2) is 0 Å². The maximum Gasteiger partial charge on any atom is 0.0107 e. The van der Waals surface area contributed by atoms with Crippen molar-refractivity contribution in [2.24, 2.45) is 5.92 Å². The smallest absolute Gasteiger partial charge is 0.0107 e. The summed E-state index contributed by atoms with van der Waals surface area (Å²) in [6.45, 7) is 6.29. The van der Waals surface area contributed by atoms with E-state index in [-0.39, 0.29) is 0 Å². The molecule has 2 aliphatic rings. The highest BCUT2D eigenvalue weighted by Gasteiger charge is 2.13. The van der Waals surface area contributed by atoms with E-state index in [0.29, 0.717) is 0 Å². The highest BCUT2D eigenvalue weighted by atomic mass is 32.2. The van der Waals surface area contributed by atoms with Crippen LogP contribution < -0.4 is 5.32 Å². The molecule has 2 fully saturated rings. The van der Waals surface area contributed by atoms with Gasteiger partial charge in [-0.1, -0.05) is 32.1 Å². The highest BCUT2D eigenvalue weighted by Crippen LogP contribution is 2.25. The van der Waals surface area contributed by atoms with E-state index >= 15 is 0 Å². The highest BCUT2D eigenvalue weighted by molar-refractivity contribution is 7.99. The first-order valence-electron chi connectivity index (χ1n) is 7.46. The summed E-state index contributed by atoms with van der Waals surface area (Å²) in [4.78, 5) is 2.60. The Morgan fingerprint density at radius 1 is 1.00 bits per heavy atom. The van der Waals surface area contributed by atoms with E-state index in [9.17, 15) is 0 Å². The fourth-order valence-corrected chi connectivity index (χ4v) is 3.95. The third-order valence-electron chi connectivity index (χ3n) is 4.16. The van der Waals surface area contributed by atoms with Crippen molar-refractivity contribution in [3.63, 3.8) is 0 Å². The lowest BCUT2D eigenvalue weighted by molar-refractivity contribution is 0.294. The molecule has 0 aromatic carbocycles. The van der Waals surface area contributed by atoms with Crippen molar-refractivity contribution in [1.82, 2.24) is 10.2 Å². The Balaban J connectivity index is 1.42. The Labute approximate surface area is 111 Å². The van der Waals surface area contributed by atoms with Crippen molar-refractivity contribution in [3.8, 4) is 0 Å². The second kappa shape index (κ2) is 8.39. The molecule has 0 amide bonds. The summed E-state index contributed by atoms with van der Waals surface area (Å²) >= 11 is 2.10. The summed E-state index contributed by atoms with van der Waals surface area (Å²) in [6.07, 6.45) is 8.84. The topological polar surface area (TPSA) is 15.3 Å². The van der Waals surface area contributed by atoms with E-state index in [0.717, 1.165) is 5.92 Å².